The Morgan fingerprint density at radius 1 is 1.21 bits per heavy atom. The molecular formula is C12H23NO. The molecule has 0 aromatic carbocycles. The van der Waals surface area contributed by atoms with E-state index in [1.165, 1.54) is 38.6 Å². The van der Waals surface area contributed by atoms with E-state index in [4.69, 9.17) is 0 Å². The van der Waals surface area contributed by atoms with E-state index in [1.807, 2.05) is 0 Å². The highest BCUT2D eigenvalue weighted by atomic mass is 16.3. The smallest absolute Gasteiger partial charge is 0.0615 e. The molecule has 1 saturated carbocycles. The van der Waals surface area contributed by atoms with Crippen LogP contribution >= 0.6 is 0 Å². The Morgan fingerprint density at radius 3 is 2.21 bits per heavy atom. The van der Waals surface area contributed by atoms with E-state index in [9.17, 15) is 5.11 Å². The Labute approximate surface area is 87.3 Å². The van der Waals surface area contributed by atoms with Crippen molar-refractivity contribution >= 4 is 0 Å². The van der Waals surface area contributed by atoms with E-state index < -0.39 is 0 Å². The van der Waals surface area contributed by atoms with Crippen molar-refractivity contribution in [2.24, 2.45) is 5.92 Å². The number of likely N-dealkylation sites (tertiary alicyclic amines) is 1. The standard InChI is InChI=1S/C12H23NO/c1-10-3-6-12(9-14,7-4-10)13-8-5-11(13)2/h10-11,14H,3-9H2,1-2H3. The molecule has 0 spiro atoms. The summed E-state index contributed by atoms with van der Waals surface area (Å²) in [5, 5.41) is 9.64. The number of nitrogens with zero attached hydrogens (tertiary/aromatic N) is 1. The van der Waals surface area contributed by atoms with E-state index in [-0.39, 0.29) is 5.54 Å². The molecule has 2 heteroatoms. The lowest BCUT2D eigenvalue weighted by Gasteiger charge is -2.54. The van der Waals surface area contributed by atoms with Gasteiger partial charge in [0.25, 0.3) is 0 Å². The predicted molar refractivity (Wildman–Crippen MR) is 58.2 cm³/mol. The lowest BCUT2D eigenvalue weighted by Crippen LogP contribution is -2.62. The number of hydrogen-bond acceptors (Lipinski definition) is 2. The second kappa shape index (κ2) is 3.82. The van der Waals surface area contributed by atoms with E-state index in [1.54, 1.807) is 0 Å². The van der Waals surface area contributed by atoms with Crippen LogP contribution in [0.2, 0.25) is 0 Å². The number of aliphatic hydroxyl groups excluding tert-OH is 1. The van der Waals surface area contributed by atoms with Gasteiger partial charge >= 0.3 is 0 Å². The van der Waals surface area contributed by atoms with E-state index in [2.05, 4.69) is 18.7 Å². The molecule has 1 aliphatic carbocycles. The summed E-state index contributed by atoms with van der Waals surface area (Å²) in [5.41, 5.74) is 0.157. The maximum absolute atomic E-state index is 9.64. The normalized spacial score (nSPS) is 44.8. The molecule has 0 bridgehead atoms. The van der Waals surface area contributed by atoms with Gasteiger partial charge < -0.3 is 5.11 Å². The molecule has 1 unspecified atom stereocenters. The lowest BCUT2D eigenvalue weighted by molar-refractivity contribution is -0.0757. The first kappa shape index (κ1) is 10.4. The lowest BCUT2D eigenvalue weighted by atomic mass is 9.74. The van der Waals surface area contributed by atoms with Gasteiger partial charge in [0.15, 0.2) is 0 Å². The van der Waals surface area contributed by atoms with Gasteiger partial charge in [0, 0.05) is 18.1 Å². The summed E-state index contributed by atoms with van der Waals surface area (Å²) in [4.78, 5) is 2.54. The Balaban J connectivity index is 2.02. The Kier molecular flexibility index (Phi) is 2.85. The highest BCUT2D eigenvalue weighted by Crippen LogP contribution is 2.40. The zero-order valence-corrected chi connectivity index (χ0v) is 9.50. The summed E-state index contributed by atoms with van der Waals surface area (Å²) < 4.78 is 0. The Hall–Kier alpha value is -0.0800. The Morgan fingerprint density at radius 2 is 1.86 bits per heavy atom. The van der Waals surface area contributed by atoms with Crippen molar-refractivity contribution in [1.82, 2.24) is 4.90 Å². The summed E-state index contributed by atoms with van der Waals surface area (Å²) in [6.45, 7) is 6.19. The quantitative estimate of drug-likeness (QED) is 0.732. The van der Waals surface area contributed by atoms with Crippen molar-refractivity contribution in [3.8, 4) is 0 Å². The van der Waals surface area contributed by atoms with Crippen LogP contribution in [0.5, 0.6) is 0 Å². The summed E-state index contributed by atoms with van der Waals surface area (Å²) in [7, 11) is 0. The molecule has 0 amide bonds. The molecule has 1 aliphatic heterocycles. The number of aliphatic hydroxyl groups is 1. The minimum Gasteiger partial charge on any atom is -0.394 e. The monoisotopic (exact) mass is 197 g/mol. The molecular weight excluding hydrogens is 174 g/mol. The first-order chi connectivity index (χ1) is 6.68. The molecule has 1 N–H and O–H groups in total. The maximum Gasteiger partial charge on any atom is 0.0615 e. The average Bonchev–Trinajstić information content (AvgIpc) is 2.19. The number of rotatable bonds is 2. The van der Waals surface area contributed by atoms with Crippen LogP contribution in [0.1, 0.15) is 46.0 Å². The van der Waals surface area contributed by atoms with Crippen LogP contribution < -0.4 is 0 Å². The van der Waals surface area contributed by atoms with Gasteiger partial charge in [-0.15, -0.1) is 0 Å². The third-order valence-electron chi connectivity index (χ3n) is 4.43. The summed E-state index contributed by atoms with van der Waals surface area (Å²) in [5.74, 6) is 0.867. The third kappa shape index (κ3) is 1.59. The molecule has 82 valence electrons. The van der Waals surface area contributed by atoms with Gasteiger partial charge in [-0.2, -0.15) is 0 Å². The van der Waals surface area contributed by atoms with Crippen LogP contribution in [0, 0.1) is 5.92 Å². The molecule has 2 aliphatic rings. The van der Waals surface area contributed by atoms with Crippen molar-refractivity contribution in [3.63, 3.8) is 0 Å². The van der Waals surface area contributed by atoms with Gasteiger partial charge in [0.2, 0.25) is 0 Å². The molecule has 1 saturated heterocycles. The molecule has 1 atom stereocenters. The van der Waals surface area contributed by atoms with Crippen molar-refractivity contribution in [2.75, 3.05) is 13.2 Å². The van der Waals surface area contributed by atoms with E-state index in [0.717, 1.165) is 5.92 Å². The SMILES string of the molecule is CC1CCC(CO)(N2CCC2C)CC1. The zero-order chi connectivity index (χ0) is 10.2. The summed E-state index contributed by atoms with van der Waals surface area (Å²) in [6.07, 6.45) is 6.31. The van der Waals surface area contributed by atoms with Crippen molar-refractivity contribution in [2.45, 2.75) is 57.5 Å². The van der Waals surface area contributed by atoms with Gasteiger partial charge in [-0.3, -0.25) is 4.90 Å². The first-order valence-electron chi connectivity index (χ1n) is 6.05. The highest BCUT2D eigenvalue weighted by Gasteiger charge is 2.44. The molecule has 14 heavy (non-hydrogen) atoms. The molecule has 0 radical (unpaired) electrons. The average molecular weight is 197 g/mol. The second-order valence-electron chi connectivity index (χ2n) is 5.40. The fraction of sp³-hybridized carbons (Fsp3) is 1.00. The second-order valence-corrected chi connectivity index (χ2v) is 5.40. The van der Waals surface area contributed by atoms with Gasteiger partial charge in [0.1, 0.15) is 0 Å². The minimum absolute atomic E-state index is 0.157. The van der Waals surface area contributed by atoms with Crippen LogP contribution in [-0.2, 0) is 0 Å². The van der Waals surface area contributed by atoms with Crippen LogP contribution in [-0.4, -0.2) is 34.7 Å². The van der Waals surface area contributed by atoms with Crippen LogP contribution in [0.3, 0.4) is 0 Å². The molecule has 0 aromatic rings. The van der Waals surface area contributed by atoms with Crippen LogP contribution in [0.25, 0.3) is 0 Å². The minimum atomic E-state index is 0.157. The first-order valence-corrected chi connectivity index (χ1v) is 6.05. The van der Waals surface area contributed by atoms with Crippen LogP contribution in [0.15, 0.2) is 0 Å². The highest BCUT2D eigenvalue weighted by molar-refractivity contribution is 4.99. The van der Waals surface area contributed by atoms with Gasteiger partial charge in [-0.1, -0.05) is 6.92 Å². The number of hydrogen-bond donors (Lipinski definition) is 1. The summed E-state index contributed by atoms with van der Waals surface area (Å²) in [6, 6.07) is 0.704. The Bertz CT molecular complexity index is 196. The molecule has 2 nitrogen and oxygen atoms in total. The predicted octanol–water partition coefficient (Wildman–Crippen LogP) is 2.02. The third-order valence-corrected chi connectivity index (χ3v) is 4.43. The topological polar surface area (TPSA) is 23.5 Å². The molecule has 0 aromatic heterocycles. The fourth-order valence-corrected chi connectivity index (χ4v) is 3.06. The van der Waals surface area contributed by atoms with E-state index in [0.29, 0.717) is 12.6 Å². The largest absolute Gasteiger partial charge is 0.394 e. The molecule has 1 heterocycles. The van der Waals surface area contributed by atoms with Gasteiger partial charge in [0.05, 0.1) is 6.61 Å². The van der Waals surface area contributed by atoms with Crippen molar-refractivity contribution < 1.29 is 5.11 Å². The van der Waals surface area contributed by atoms with Gasteiger partial charge in [-0.25, -0.2) is 0 Å². The maximum atomic E-state index is 9.64. The molecule has 2 fully saturated rings. The fourth-order valence-electron chi connectivity index (χ4n) is 3.06. The van der Waals surface area contributed by atoms with Crippen LogP contribution in [0.4, 0.5) is 0 Å². The summed E-state index contributed by atoms with van der Waals surface area (Å²) >= 11 is 0. The zero-order valence-electron chi connectivity index (χ0n) is 9.50. The van der Waals surface area contributed by atoms with Crippen molar-refractivity contribution in [1.29, 1.82) is 0 Å². The van der Waals surface area contributed by atoms with Gasteiger partial charge in [-0.05, 0) is 44.9 Å². The van der Waals surface area contributed by atoms with E-state index >= 15 is 0 Å². The van der Waals surface area contributed by atoms with Crippen molar-refractivity contribution in [3.05, 3.63) is 0 Å². The molecule has 2 rings (SSSR count).